The first-order valence-corrected chi connectivity index (χ1v) is 10.0. The van der Waals surface area contributed by atoms with E-state index in [4.69, 9.17) is 0 Å². The summed E-state index contributed by atoms with van der Waals surface area (Å²) in [6, 6.07) is 6.17. The number of phenols is 1. The van der Waals surface area contributed by atoms with Gasteiger partial charge >= 0.3 is 0 Å². The molecular weight excluding hydrogens is 334 g/mol. The van der Waals surface area contributed by atoms with Crippen molar-refractivity contribution in [2.24, 2.45) is 0 Å². The predicted molar refractivity (Wildman–Crippen MR) is 111 cm³/mol. The second-order valence-corrected chi connectivity index (χ2v) is 10.1. The van der Waals surface area contributed by atoms with Gasteiger partial charge in [0.25, 0.3) is 0 Å². The number of aryl methyl sites for hydroxylation is 1. The number of H-pyrrole nitrogens is 1. The number of rotatable bonds is 5. The summed E-state index contributed by atoms with van der Waals surface area (Å²) in [4.78, 5) is 15.8. The molecule has 0 spiro atoms. The van der Waals surface area contributed by atoms with Gasteiger partial charge in [0.2, 0.25) is 0 Å². The van der Waals surface area contributed by atoms with Gasteiger partial charge in [0.05, 0.1) is 5.69 Å². The van der Waals surface area contributed by atoms with Crippen LogP contribution in [0.3, 0.4) is 0 Å². The first kappa shape index (κ1) is 19.7. The van der Waals surface area contributed by atoms with Crippen LogP contribution in [0.4, 0.5) is 0 Å². The van der Waals surface area contributed by atoms with Gasteiger partial charge in [-0.3, -0.25) is 4.79 Å². The molecule has 3 heteroatoms. The number of carbonyl (C=O) groups is 1. The van der Waals surface area contributed by atoms with Crippen LogP contribution in [0.25, 0.3) is 0 Å². The zero-order chi connectivity index (χ0) is 20.0. The lowest BCUT2D eigenvalue weighted by atomic mass is 9.78. The Kier molecular flexibility index (Phi) is 5.00. The Morgan fingerprint density at radius 3 is 2.07 bits per heavy atom. The largest absolute Gasteiger partial charge is 0.507 e. The Hall–Kier alpha value is -2.03. The van der Waals surface area contributed by atoms with E-state index < -0.39 is 0 Å². The van der Waals surface area contributed by atoms with Crippen LogP contribution >= 0.6 is 0 Å². The third-order valence-electron chi connectivity index (χ3n) is 5.48. The number of benzene rings is 1. The lowest BCUT2D eigenvalue weighted by Gasteiger charge is -2.28. The Balaban J connectivity index is 1.81. The highest BCUT2D eigenvalue weighted by molar-refractivity contribution is 5.94. The number of hydrogen-bond donors (Lipinski definition) is 2. The summed E-state index contributed by atoms with van der Waals surface area (Å²) in [7, 11) is 0. The van der Waals surface area contributed by atoms with Gasteiger partial charge in [0, 0.05) is 12.6 Å². The standard InChI is InChI=1S/C24H33NO2/c1-23(2,3)18-11-15(12-19(22(18)27)24(4,5)6)7-10-21(26)20-13-17(14-25-20)16-8-9-16/h11-14,16,25,27H,7-10H2,1-6H3. The lowest BCUT2D eigenvalue weighted by Crippen LogP contribution is -2.18. The van der Waals surface area contributed by atoms with Crippen LogP contribution in [0.15, 0.2) is 24.4 Å². The quantitative estimate of drug-likeness (QED) is 0.636. The molecule has 0 radical (unpaired) electrons. The number of aromatic hydroxyl groups is 1. The van der Waals surface area contributed by atoms with E-state index in [0.717, 1.165) is 22.4 Å². The molecule has 146 valence electrons. The first-order chi connectivity index (χ1) is 12.5. The van der Waals surface area contributed by atoms with Crippen molar-refractivity contribution in [2.45, 2.75) is 84.0 Å². The van der Waals surface area contributed by atoms with Crippen LogP contribution in [0.1, 0.15) is 99.5 Å². The van der Waals surface area contributed by atoms with Crippen LogP contribution in [0.2, 0.25) is 0 Å². The lowest BCUT2D eigenvalue weighted by molar-refractivity contribution is 0.0978. The summed E-state index contributed by atoms with van der Waals surface area (Å²) >= 11 is 0. The fourth-order valence-corrected chi connectivity index (χ4v) is 3.60. The van der Waals surface area contributed by atoms with Crippen molar-refractivity contribution in [3.05, 3.63) is 52.3 Å². The summed E-state index contributed by atoms with van der Waals surface area (Å²) < 4.78 is 0. The minimum absolute atomic E-state index is 0.150. The molecule has 1 aromatic carbocycles. The van der Waals surface area contributed by atoms with Crippen LogP contribution in [0.5, 0.6) is 5.75 Å². The van der Waals surface area contributed by atoms with Crippen LogP contribution < -0.4 is 0 Å². The number of Topliss-reactive ketones (excluding diaryl/α,β-unsaturated/α-hetero) is 1. The Morgan fingerprint density at radius 2 is 1.59 bits per heavy atom. The molecule has 0 unspecified atom stereocenters. The Labute approximate surface area is 163 Å². The van der Waals surface area contributed by atoms with Gasteiger partial charge in [-0.2, -0.15) is 0 Å². The molecule has 0 amide bonds. The number of aromatic amines is 1. The van der Waals surface area contributed by atoms with E-state index in [1.807, 2.05) is 12.3 Å². The smallest absolute Gasteiger partial charge is 0.179 e. The van der Waals surface area contributed by atoms with Crippen molar-refractivity contribution in [1.29, 1.82) is 0 Å². The van der Waals surface area contributed by atoms with E-state index in [1.54, 1.807) is 0 Å². The second kappa shape index (κ2) is 6.85. The fraction of sp³-hybridized carbons (Fsp3) is 0.542. The van der Waals surface area contributed by atoms with Gasteiger partial charge in [0.1, 0.15) is 5.75 Å². The molecule has 0 aliphatic heterocycles. The number of carbonyl (C=O) groups excluding carboxylic acids is 1. The van der Waals surface area contributed by atoms with E-state index in [-0.39, 0.29) is 16.6 Å². The number of aromatic nitrogens is 1. The maximum Gasteiger partial charge on any atom is 0.179 e. The molecular formula is C24H33NO2. The van der Waals surface area contributed by atoms with Crippen LogP contribution in [-0.4, -0.2) is 15.9 Å². The summed E-state index contributed by atoms with van der Waals surface area (Å²) in [6.07, 6.45) is 5.63. The normalized spacial score (nSPS) is 15.2. The van der Waals surface area contributed by atoms with Crippen molar-refractivity contribution in [1.82, 2.24) is 4.98 Å². The van der Waals surface area contributed by atoms with Crippen molar-refractivity contribution in [3.63, 3.8) is 0 Å². The highest BCUT2D eigenvalue weighted by Gasteiger charge is 2.27. The molecule has 1 heterocycles. The number of ketones is 1. The number of nitrogens with one attached hydrogen (secondary N) is 1. The second-order valence-electron chi connectivity index (χ2n) is 10.1. The van der Waals surface area contributed by atoms with Gasteiger partial charge in [-0.15, -0.1) is 0 Å². The van der Waals surface area contributed by atoms with Crippen molar-refractivity contribution < 1.29 is 9.90 Å². The highest BCUT2D eigenvalue weighted by Crippen LogP contribution is 2.41. The van der Waals surface area contributed by atoms with Crippen molar-refractivity contribution in [2.75, 3.05) is 0 Å². The fourth-order valence-electron chi connectivity index (χ4n) is 3.60. The van der Waals surface area contributed by atoms with Crippen LogP contribution in [0, 0.1) is 0 Å². The minimum Gasteiger partial charge on any atom is -0.507 e. The predicted octanol–water partition coefficient (Wildman–Crippen LogP) is 6.01. The van der Waals surface area contributed by atoms with Crippen molar-refractivity contribution >= 4 is 5.78 Å². The highest BCUT2D eigenvalue weighted by atomic mass is 16.3. The molecule has 2 N–H and O–H groups in total. The van der Waals surface area contributed by atoms with Crippen LogP contribution in [-0.2, 0) is 17.3 Å². The Morgan fingerprint density at radius 1 is 1.04 bits per heavy atom. The van der Waals surface area contributed by atoms with Gasteiger partial charge in [-0.25, -0.2) is 0 Å². The zero-order valence-corrected chi connectivity index (χ0v) is 17.6. The maximum atomic E-state index is 12.6. The molecule has 3 rings (SSSR count). The van der Waals surface area contributed by atoms with E-state index in [9.17, 15) is 9.90 Å². The molecule has 2 aromatic rings. The van der Waals surface area contributed by atoms with E-state index in [2.05, 4.69) is 58.7 Å². The van der Waals surface area contributed by atoms with Gasteiger partial charge in [-0.1, -0.05) is 53.7 Å². The van der Waals surface area contributed by atoms with Gasteiger partial charge < -0.3 is 10.1 Å². The molecule has 27 heavy (non-hydrogen) atoms. The van der Waals surface area contributed by atoms with Gasteiger partial charge in [0.15, 0.2) is 5.78 Å². The summed E-state index contributed by atoms with van der Waals surface area (Å²) in [5.74, 6) is 1.21. The number of hydrogen-bond acceptors (Lipinski definition) is 2. The molecule has 1 saturated carbocycles. The molecule has 0 saturated heterocycles. The summed E-state index contributed by atoms with van der Waals surface area (Å²) in [5, 5.41) is 10.8. The molecule has 0 bridgehead atoms. The maximum absolute atomic E-state index is 12.6. The third kappa shape index (κ3) is 4.45. The molecule has 0 atom stereocenters. The minimum atomic E-state index is -0.150. The average molecular weight is 368 g/mol. The molecule has 1 aromatic heterocycles. The van der Waals surface area contributed by atoms with E-state index >= 15 is 0 Å². The van der Waals surface area contributed by atoms with Gasteiger partial charge in [-0.05, 0) is 64.3 Å². The molecule has 1 aliphatic carbocycles. The van der Waals surface area contributed by atoms with E-state index in [0.29, 0.717) is 24.5 Å². The third-order valence-corrected chi connectivity index (χ3v) is 5.48. The first-order valence-electron chi connectivity index (χ1n) is 10.0. The Bertz CT molecular complexity index is 807. The van der Waals surface area contributed by atoms with E-state index in [1.165, 1.54) is 18.4 Å². The van der Waals surface area contributed by atoms with Crippen molar-refractivity contribution in [3.8, 4) is 5.75 Å². The summed E-state index contributed by atoms with van der Waals surface area (Å²) in [6.45, 7) is 12.7. The SMILES string of the molecule is CC(C)(C)c1cc(CCC(=O)c2cc(C3CC3)c[nH]2)cc(C(C)(C)C)c1O. The zero-order valence-electron chi connectivity index (χ0n) is 17.6. The molecule has 1 fully saturated rings. The summed E-state index contributed by atoms with van der Waals surface area (Å²) in [5.41, 5.74) is 4.72. The monoisotopic (exact) mass is 367 g/mol. The average Bonchev–Trinajstić information content (AvgIpc) is 3.28. The topological polar surface area (TPSA) is 53.1 Å². The molecule has 3 nitrogen and oxygen atoms in total. The number of phenolic OH excluding ortho intramolecular Hbond substituents is 1. The molecule has 1 aliphatic rings.